The molecule has 0 radical (unpaired) electrons. The fraction of sp³-hybridized carbons (Fsp3) is 0.286. The topological polar surface area (TPSA) is 6.48 Å². The summed E-state index contributed by atoms with van der Waals surface area (Å²) in [7, 11) is -5.33. The zero-order valence-electron chi connectivity index (χ0n) is 56.1. The van der Waals surface area contributed by atoms with Gasteiger partial charge in [0, 0.05) is 0 Å². The van der Waals surface area contributed by atoms with E-state index in [1.165, 1.54) is 89.3 Å². The van der Waals surface area contributed by atoms with Gasteiger partial charge in [-0.2, -0.15) is 0 Å². The molecule has 0 spiro atoms. The maximum atomic E-state index is 3.41. The number of benzene rings is 10. The Labute approximate surface area is 555 Å². The summed E-state index contributed by atoms with van der Waals surface area (Å²) < 4.78 is 6.82. The van der Waals surface area contributed by atoms with Gasteiger partial charge in [-0.25, -0.2) is 0 Å². The second kappa shape index (κ2) is 29.7. The molecule has 458 valence electrons. The van der Waals surface area contributed by atoms with E-state index in [0.29, 0.717) is 33.2 Å². The number of aryl methyl sites for hydroxylation is 2. The van der Waals surface area contributed by atoms with Gasteiger partial charge in [-0.3, -0.25) is 0 Å². The van der Waals surface area contributed by atoms with Gasteiger partial charge < -0.3 is 0 Å². The Morgan fingerprint density at radius 2 is 0.378 bits per heavy atom. The molecule has 2 nitrogen and oxygen atoms in total. The minimum absolute atomic E-state index is 0.0163. The van der Waals surface area contributed by atoms with E-state index in [4.69, 9.17) is 0 Å². The van der Waals surface area contributed by atoms with E-state index in [1.54, 1.807) is 0 Å². The summed E-state index contributed by atoms with van der Waals surface area (Å²) in [4.78, 5) is 0. The number of anilines is 2. The van der Waals surface area contributed by atoms with Crippen molar-refractivity contribution in [2.75, 3.05) is 7.05 Å². The first-order valence-electron chi connectivity index (χ1n) is 33.3. The Hall–Kier alpha value is -6.68. The quantitative estimate of drug-likeness (QED) is 0.0493. The summed E-state index contributed by atoms with van der Waals surface area (Å²) in [5.74, 6) is -0.0652. The molecule has 0 fully saturated rings. The summed E-state index contributed by atoms with van der Waals surface area (Å²) >= 11 is -2.10. The molecule has 0 bridgehead atoms. The molecular weight excluding hydrogens is 1240 g/mol. The Balaban J connectivity index is 1.47. The normalized spacial score (nSPS) is 12.1. The van der Waals surface area contributed by atoms with E-state index in [0.717, 1.165) is 0 Å². The summed E-state index contributed by atoms with van der Waals surface area (Å²) in [5, 5.41) is 0. The standard InChI is InChI=1S/C84H96Ge2N2Si2/c1-59(2)89(60(3)4,61(5)6)87(83-75(79(67-39-23-15-24-40-67)68-41-25-16-26-42-68)55-65(13)56-76(83)80(69-43-27-17-28-44-69)70-45-29-18-30-46-70)85-86-88(90(62(7)8,63(9)10)64(11)12)84-77(81(71-47-31-19-32-48-71)72-49-33-20-34-50-72)57-66(14)58-78(84)82(73-51-35-21-36-52-73)74-53-37-22-38-54-74/h15-64,79-82H,1-14H3. The Morgan fingerprint density at radius 1 is 0.233 bits per heavy atom. The zero-order chi connectivity index (χ0) is 63.7. The van der Waals surface area contributed by atoms with Crippen molar-refractivity contribution in [2.45, 2.75) is 154 Å². The third kappa shape index (κ3) is 13.3. The zero-order valence-corrected chi connectivity index (χ0v) is 62.3. The molecule has 0 unspecified atom stereocenters. The van der Waals surface area contributed by atoms with E-state index in [2.05, 4.69) is 371 Å². The fourth-order valence-corrected chi connectivity index (χ4v) is 63.7. The van der Waals surface area contributed by atoms with E-state index in [9.17, 15) is 0 Å². The molecule has 90 heavy (non-hydrogen) atoms. The van der Waals surface area contributed by atoms with Crippen LogP contribution >= 0.6 is 0 Å². The van der Waals surface area contributed by atoms with E-state index >= 15 is 0 Å². The summed E-state index contributed by atoms with van der Waals surface area (Å²) in [6.45, 7) is 36.4. The Kier molecular flexibility index (Phi) is 21.9. The molecule has 10 aromatic carbocycles. The van der Waals surface area contributed by atoms with Crippen LogP contribution in [0.15, 0.2) is 267 Å². The molecule has 0 heterocycles. The molecule has 0 aliphatic carbocycles. The van der Waals surface area contributed by atoms with Gasteiger partial charge in [0.15, 0.2) is 0 Å². The first-order chi connectivity index (χ1) is 43.5. The monoisotopic (exact) mass is 1340 g/mol. The van der Waals surface area contributed by atoms with Crippen molar-refractivity contribution in [1.29, 1.82) is 0 Å². The Bertz CT molecular complexity index is 3290. The molecule has 0 aliphatic rings. The first-order valence-corrected chi connectivity index (χ1v) is 46.0. The van der Waals surface area contributed by atoms with Crippen LogP contribution in [0.1, 0.15) is 185 Å². The van der Waals surface area contributed by atoms with Crippen molar-refractivity contribution in [1.82, 2.24) is 0 Å². The van der Waals surface area contributed by atoms with E-state index in [-0.39, 0.29) is 23.7 Å². The van der Waals surface area contributed by atoms with Crippen LogP contribution in [-0.4, -0.2) is 42.2 Å². The van der Waals surface area contributed by atoms with Crippen LogP contribution < -0.4 is 7.05 Å². The Morgan fingerprint density at radius 3 is 0.511 bits per heavy atom. The average Bonchev–Trinajstić information content (AvgIpc) is 1.47. The van der Waals surface area contributed by atoms with Crippen molar-refractivity contribution in [3.05, 3.63) is 345 Å². The molecule has 0 amide bonds. The summed E-state index contributed by atoms with van der Waals surface area (Å²) in [5.41, 5.74) is 24.7. The van der Waals surface area contributed by atoms with Crippen LogP contribution in [0.25, 0.3) is 0 Å². The van der Waals surface area contributed by atoms with Crippen molar-refractivity contribution in [3.63, 3.8) is 0 Å². The fourth-order valence-electron chi connectivity index (χ4n) is 16.8. The first kappa shape index (κ1) is 66.2. The second-order valence-corrected chi connectivity index (χ2v) is 48.1. The number of rotatable bonds is 22. The molecule has 0 saturated heterocycles. The van der Waals surface area contributed by atoms with Gasteiger partial charge in [-0.1, -0.05) is 0 Å². The van der Waals surface area contributed by atoms with Crippen molar-refractivity contribution < 1.29 is 0 Å². The van der Waals surface area contributed by atoms with Crippen LogP contribution in [0.2, 0.25) is 33.2 Å². The molecule has 0 aromatic heterocycles. The molecule has 0 saturated carbocycles. The van der Waals surface area contributed by atoms with E-state index < -0.39 is 42.2 Å². The van der Waals surface area contributed by atoms with Crippen molar-refractivity contribution >= 4 is 53.6 Å². The molecule has 0 atom stereocenters. The number of hydrogen-bond acceptors (Lipinski definition) is 2. The van der Waals surface area contributed by atoms with Crippen molar-refractivity contribution in [3.8, 4) is 0 Å². The van der Waals surface area contributed by atoms with Gasteiger partial charge in [-0.15, -0.1) is 0 Å². The molecule has 0 aliphatic heterocycles. The van der Waals surface area contributed by atoms with Gasteiger partial charge in [0.25, 0.3) is 0 Å². The van der Waals surface area contributed by atoms with Gasteiger partial charge in [-0.05, 0) is 0 Å². The predicted molar refractivity (Wildman–Crippen MR) is 396 cm³/mol. The second-order valence-electron chi connectivity index (χ2n) is 27.2. The van der Waals surface area contributed by atoms with Crippen molar-refractivity contribution in [2.24, 2.45) is 0 Å². The number of nitrogens with zero attached hydrogens (tertiary/aromatic N) is 2. The molecular formula is C84H96Ge2N2Si2. The molecule has 10 rings (SSSR count). The van der Waals surface area contributed by atoms with Crippen LogP contribution in [0.4, 0.5) is 11.4 Å². The van der Waals surface area contributed by atoms with E-state index in [1.807, 2.05) is 0 Å². The maximum absolute atomic E-state index is 3.41. The van der Waals surface area contributed by atoms with Gasteiger partial charge in [0.1, 0.15) is 0 Å². The molecule has 10 aromatic rings. The summed E-state index contributed by atoms with van der Waals surface area (Å²) in [6, 6.07) is 103. The minimum atomic E-state index is -2.66. The third-order valence-corrected chi connectivity index (χ3v) is 52.0. The summed E-state index contributed by atoms with van der Waals surface area (Å²) in [6.07, 6.45) is 0. The van der Waals surface area contributed by atoms with Gasteiger partial charge in [0.2, 0.25) is 0 Å². The predicted octanol–water partition coefficient (Wildman–Crippen LogP) is 22.8. The van der Waals surface area contributed by atoms with Crippen LogP contribution in [-0.2, 0) is 0 Å². The molecule has 6 heteroatoms. The third-order valence-electron chi connectivity index (χ3n) is 20.0. The van der Waals surface area contributed by atoms with Gasteiger partial charge >= 0.3 is 559 Å². The molecule has 0 N–H and O–H groups in total. The number of hydrogen-bond donors (Lipinski definition) is 0. The van der Waals surface area contributed by atoms with Gasteiger partial charge in [0.05, 0.1) is 0 Å². The van der Waals surface area contributed by atoms with Crippen LogP contribution in [0, 0.1) is 13.8 Å². The average molecular weight is 1340 g/mol. The van der Waals surface area contributed by atoms with Crippen LogP contribution in [0.5, 0.6) is 0 Å². The van der Waals surface area contributed by atoms with Crippen LogP contribution in [0.3, 0.4) is 0 Å². The SMILES string of the molecule is Cc1cc(C(c2ccccc2)c2ccccc2)c([N]([Ge]#[Ge][N](c2c(C(c3ccccc3)c3ccccc3)cc(C)cc2C(c2ccccc2)c2ccccc2)[Si](C(C)C)(C(C)C)C(C)C)[Si](C(C)C)(C(C)C)C(C)C)c(C(c2ccccc2)c2ccccc2)c1.